The first-order valence-corrected chi connectivity index (χ1v) is 19.2. The molecule has 0 unspecified atom stereocenters. The number of aromatic nitrogens is 2. The number of aliphatic hydroxyl groups excluding tert-OH is 1. The molecule has 4 aliphatic rings. The summed E-state index contributed by atoms with van der Waals surface area (Å²) >= 11 is 0. The molecule has 0 radical (unpaired) electrons. The number of hydrogen-bond acceptors (Lipinski definition) is 10. The van der Waals surface area contributed by atoms with Gasteiger partial charge in [-0.25, -0.2) is 9.97 Å². The number of nitrogens with one attached hydrogen (secondary N) is 2. The highest BCUT2D eigenvalue weighted by atomic mass is 16.6. The average Bonchev–Trinajstić information content (AvgIpc) is 4.10. The van der Waals surface area contributed by atoms with Crippen LogP contribution < -0.4 is 20.1 Å². The predicted molar refractivity (Wildman–Crippen MR) is 203 cm³/mol. The Morgan fingerprint density at radius 3 is 1.58 bits per heavy atom. The predicted octanol–water partition coefficient (Wildman–Crippen LogP) is 5.06. The molecular formula is C43H50N4O8. The van der Waals surface area contributed by atoms with Crippen molar-refractivity contribution in [2.75, 3.05) is 46.8 Å². The number of amides is 2. The second-order valence-corrected chi connectivity index (χ2v) is 14.5. The van der Waals surface area contributed by atoms with Gasteiger partial charge < -0.3 is 39.4 Å². The Labute approximate surface area is 321 Å². The van der Waals surface area contributed by atoms with Crippen LogP contribution in [0.1, 0.15) is 71.9 Å². The van der Waals surface area contributed by atoms with Crippen LogP contribution in [0.25, 0.3) is 0 Å². The normalized spacial score (nSPS) is 24.8. The van der Waals surface area contributed by atoms with Crippen LogP contribution in [0, 0.1) is 11.8 Å². The van der Waals surface area contributed by atoms with E-state index in [0.29, 0.717) is 44.1 Å². The van der Waals surface area contributed by atoms with Gasteiger partial charge in [0.25, 0.3) is 0 Å². The van der Waals surface area contributed by atoms with Gasteiger partial charge in [-0.15, -0.1) is 0 Å². The van der Waals surface area contributed by atoms with Crippen molar-refractivity contribution in [1.82, 2.24) is 20.6 Å². The van der Waals surface area contributed by atoms with Gasteiger partial charge in [0.05, 0.1) is 51.7 Å². The smallest absolute Gasteiger partial charge is 0.224 e. The zero-order chi connectivity index (χ0) is 38.0. The number of aliphatic hydroxyl groups is 1. The fourth-order valence-electron chi connectivity index (χ4n) is 7.17. The highest BCUT2D eigenvalue weighted by molar-refractivity contribution is 5.84. The number of hydrogen-bond donors (Lipinski definition) is 3. The van der Waals surface area contributed by atoms with E-state index in [-0.39, 0.29) is 54.4 Å². The molecule has 2 aromatic carbocycles. The minimum atomic E-state index is -0.467. The molecule has 290 valence electrons. The van der Waals surface area contributed by atoms with E-state index < -0.39 is 6.04 Å². The number of nitrogens with zero attached hydrogens (tertiary/aromatic N) is 2. The Morgan fingerprint density at radius 1 is 0.709 bits per heavy atom. The third-order valence-corrected chi connectivity index (χ3v) is 10.5. The third-order valence-electron chi connectivity index (χ3n) is 10.5. The van der Waals surface area contributed by atoms with Crippen molar-refractivity contribution in [3.8, 4) is 11.8 Å². The van der Waals surface area contributed by atoms with E-state index in [1.54, 1.807) is 25.6 Å². The van der Waals surface area contributed by atoms with Crippen molar-refractivity contribution < 1.29 is 38.4 Å². The monoisotopic (exact) mass is 750 g/mol. The number of rotatable bonds is 15. The number of methoxy groups -OCH3 is 1. The molecule has 3 N–H and O–H groups in total. The summed E-state index contributed by atoms with van der Waals surface area (Å²) in [6.45, 7) is 2.86. The second kappa shape index (κ2) is 18.6. The first-order chi connectivity index (χ1) is 27.0. The summed E-state index contributed by atoms with van der Waals surface area (Å²) < 4.78 is 27.5. The second-order valence-electron chi connectivity index (χ2n) is 14.5. The van der Waals surface area contributed by atoms with Crippen LogP contribution in [-0.4, -0.2) is 85.8 Å². The Kier molecular flexibility index (Phi) is 13.0. The lowest BCUT2D eigenvalue weighted by Gasteiger charge is -2.19. The van der Waals surface area contributed by atoms with Crippen LogP contribution in [0.15, 0.2) is 97.3 Å². The topological polar surface area (TPSA) is 150 Å². The van der Waals surface area contributed by atoms with Gasteiger partial charge in [-0.1, -0.05) is 60.7 Å². The van der Waals surface area contributed by atoms with Crippen molar-refractivity contribution in [1.29, 1.82) is 0 Å². The number of benzene rings is 2. The molecule has 4 heterocycles. The molecule has 8 rings (SSSR count). The molecule has 2 aromatic heterocycles. The fraction of sp³-hybridized carbons (Fsp3) is 0.442. The summed E-state index contributed by atoms with van der Waals surface area (Å²) in [7, 11) is 1.63. The molecule has 12 heteroatoms. The highest BCUT2D eigenvalue weighted by Gasteiger charge is 2.45. The van der Waals surface area contributed by atoms with E-state index >= 15 is 0 Å². The molecule has 2 aliphatic carbocycles. The van der Waals surface area contributed by atoms with Crippen molar-refractivity contribution in [3.05, 3.63) is 120 Å². The highest BCUT2D eigenvalue weighted by Crippen LogP contribution is 2.48. The minimum absolute atomic E-state index is 0.0219. The van der Waals surface area contributed by atoms with E-state index in [9.17, 15) is 14.7 Å². The first kappa shape index (κ1) is 38.4. The zero-order valence-electron chi connectivity index (χ0n) is 31.1. The van der Waals surface area contributed by atoms with Crippen LogP contribution in [0.4, 0.5) is 0 Å². The van der Waals surface area contributed by atoms with Gasteiger partial charge in [0.1, 0.15) is 12.2 Å². The molecule has 2 saturated carbocycles. The largest absolute Gasteiger partial charge is 0.472 e. The maximum Gasteiger partial charge on any atom is 0.224 e. The molecule has 0 spiro atoms. The van der Waals surface area contributed by atoms with E-state index in [4.69, 9.17) is 23.7 Å². The van der Waals surface area contributed by atoms with Gasteiger partial charge in [0.2, 0.25) is 23.6 Å². The lowest BCUT2D eigenvalue weighted by Crippen LogP contribution is -2.32. The number of ether oxygens (including phenoxy) is 5. The fourth-order valence-corrected chi connectivity index (χ4v) is 7.17. The molecule has 2 amide bonds. The van der Waals surface area contributed by atoms with E-state index in [1.165, 1.54) is 11.1 Å². The summed E-state index contributed by atoms with van der Waals surface area (Å²) in [4.78, 5) is 34.0. The molecule has 0 bridgehead atoms. The maximum absolute atomic E-state index is 12.7. The van der Waals surface area contributed by atoms with Gasteiger partial charge in [-0.3, -0.25) is 9.59 Å². The molecule has 4 aromatic rings. The van der Waals surface area contributed by atoms with Gasteiger partial charge in [-0.05, 0) is 59.1 Å². The lowest BCUT2D eigenvalue weighted by molar-refractivity contribution is -0.124. The molecule has 4 fully saturated rings. The molecule has 2 aliphatic heterocycles. The quantitative estimate of drug-likeness (QED) is 0.151. The van der Waals surface area contributed by atoms with Crippen molar-refractivity contribution >= 4 is 11.8 Å². The van der Waals surface area contributed by atoms with Crippen LogP contribution in [0.3, 0.4) is 0 Å². The van der Waals surface area contributed by atoms with Crippen molar-refractivity contribution in [2.24, 2.45) is 11.8 Å². The van der Waals surface area contributed by atoms with Gasteiger partial charge >= 0.3 is 0 Å². The number of carbonyl (C=O) groups is 2. The Bertz CT molecular complexity index is 1800. The first-order valence-electron chi connectivity index (χ1n) is 19.2. The molecule has 12 nitrogen and oxygen atoms in total. The summed E-state index contributed by atoms with van der Waals surface area (Å²) in [6.07, 6.45) is 6.99. The van der Waals surface area contributed by atoms with E-state index in [1.807, 2.05) is 54.6 Å². The summed E-state index contributed by atoms with van der Waals surface area (Å²) in [5.41, 5.74) is 4.09. The van der Waals surface area contributed by atoms with Crippen LogP contribution >= 0.6 is 0 Å². The van der Waals surface area contributed by atoms with Crippen LogP contribution in [0.2, 0.25) is 0 Å². The summed E-state index contributed by atoms with van der Waals surface area (Å²) in [5.74, 6) is 1.74. The molecular weight excluding hydrogens is 700 g/mol. The van der Waals surface area contributed by atoms with Crippen LogP contribution in [0.5, 0.6) is 11.8 Å². The summed E-state index contributed by atoms with van der Waals surface area (Å²) in [6, 6.07) is 27.0. The Hall–Kier alpha value is -4.88. The lowest BCUT2D eigenvalue weighted by atomic mass is 10.1. The maximum atomic E-state index is 12.7. The molecule has 2 saturated heterocycles. The van der Waals surface area contributed by atoms with Gasteiger partial charge in [0, 0.05) is 56.3 Å². The Morgan fingerprint density at radius 2 is 1.18 bits per heavy atom. The van der Waals surface area contributed by atoms with E-state index in [2.05, 4.69) is 44.9 Å². The van der Waals surface area contributed by atoms with E-state index in [0.717, 1.165) is 43.4 Å². The molecule has 55 heavy (non-hydrogen) atoms. The van der Waals surface area contributed by atoms with Gasteiger partial charge in [-0.2, -0.15) is 0 Å². The average molecular weight is 751 g/mol. The zero-order valence-corrected chi connectivity index (χ0v) is 31.1. The SMILES string of the molecule is COC[C@H](NC(=O)[C@H]1C[C@@H]1c1ccccc1)c1ccc(O[C@@H]2CCOC2)nc1.O=C(N[C@@H](CO)c1ccc(O[C@H]2CCOC2)nc1)[C@H]1C[C@@H]1c1ccccc1. The Balaban J connectivity index is 0.000000169. The molecule has 8 atom stereocenters. The van der Waals surface area contributed by atoms with Crippen molar-refractivity contribution in [3.63, 3.8) is 0 Å². The standard InChI is InChI=1S/C22H26N2O4.C21H24N2O4/c1-26-14-20(16-7-8-21(23-12-16)28-17-9-10-27-13-17)24-22(25)19-11-18(19)15-5-3-2-4-6-15;24-12-19(15-6-7-20(22-11-15)27-16-8-9-26-13-16)23-21(25)18-10-17(18)14-4-2-1-3-5-14/h2-8,12,17-20H,9-11,13-14H2,1H3,(H,24,25);1-7,11,16-19,24H,8-10,12-13H2,(H,23,25)/t17-,18-,19+,20+;16-,17+,18-,19-/m10/s1. The number of carbonyl (C=O) groups excluding carboxylic acids is 2. The third kappa shape index (κ3) is 10.5. The minimum Gasteiger partial charge on any atom is -0.472 e. The van der Waals surface area contributed by atoms with Gasteiger partial charge in [0.15, 0.2) is 0 Å². The van der Waals surface area contributed by atoms with Crippen molar-refractivity contribution in [2.45, 2.75) is 61.8 Å². The van der Waals surface area contributed by atoms with Crippen LogP contribution in [-0.2, 0) is 23.8 Å². The summed E-state index contributed by atoms with van der Waals surface area (Å²) in [5, 5.41) is 15.8. The number of pyridine rings is 2.